The maximum absolute atomic E-state index is 12.4. The molecule has 0 radical (unpaired) electrons. The minimum absolute atomic E-state index is 0.00830. The molecular weight excluding hydrogens is 356 g/mol. The van der Waals surface area contributed by atoms with Gasteiger partial charge in [0, 0.05) is 24.2 Å². The molecule has 0 bridgehead atoms. The van der Waals surface area contributed by atoms with Crippen molar-refractivity contribution >= 4 is 17.8 Å². The van der Waals surface area contributed by atoms with E-state index in [0.717, 1.165) is 17.5 Å². The van der Waals surface area contributed by atoms with Gasteiger partial charge in [-0.25, -0.2) is 0 Å². The number of benzene rings is 2. The molecule has 2 aromatic rings. The van der Waals surface area contributed by atoms with Crippen molar-refractivity contribution in [3.8, 4) is 0 Å². The van der Waals surface area contributed by atoms with Crippen molar-refractivity contribution in [2.45, 2.75) is 26.7 Å². The van der Waals surface area contributed by atoms with Gasteiger partial charge in [-0.15, -0.1) is 0 Å². The molecule has 1 atom stereocenters. The van der Waals surface area contributed by atoms with Crippen LogP contribution in [0.4, 0.5) is 0 Å². The second-order valence-corrected chi connectivity index (χ2v) is 6.78. The number of aryl methyl sites for hydroxylation is 1. The quantitative estimate of drug-likeness (QED) is 0.621. The molecule has 6 heteroatoms. The number of aliphatic carboxylic acids is 1. The smallest absolute Gasteiger partial charge is 0.308 e. The van der Waals surface area contributed by atoms with Crippen molar-refractivity contribution in [3.63, 3.8) is 0 Å². The molecule has 0 aromatic heterocycles. The normalized spacial score (nSPS) is 11.5. The Morgan fingerprint density at radius 1 is 0.964 bits per heavy atom. The number of carboxylic acids is 1. The maximum atomic E-state index is 12.4. The third kappa shape index (κ3) is 6.23. The Hall–Kier alpha value is -3.15. The van der Waals surface area contributed by atoms with Gasteiger partial charge in [-0.2, -0.15) is 0 Å². The van der Waals surface area contributed by atoms with Gasteiger partial charge in [0.2, 0.25) is 0 Å². The molecule has 2 amide bonds. The van der Waals surface area contributed by atoms with Crippen LogP contribution in [0.5, 0.6) is 0 Å². The van der Waals surface area contributed by atoms with Gasteiger partial charge >= 0.3 is 5.97 Å². The summed E-state index contributed by atoms with van der Waals surface area (Å²) in [7, 11) is 0. The predicted molar refractivity (Wildman–Crippen MR) is 107 cm³/mol. The van der Waals surface area contributed by atoms with Crippen molar-refractivity contribution in [2.24, 2.45) is 5.92 Å². The Morgan fingerprint density at radius 2 is 1.61 bits per heavy atom. The lowest BCUT2D eigenvalue weighted by molar-refractivity contribution is -0.141. The van der Waals surface area contributed by atoms with Gasteiger partial charge in [0.15, 0.2) is 0 Å². The highest BCUT2D eigenvalue weighted by Gasteiger charge is 2.20. The molecule has 0 saturated heterocycles. The highest BCUT2D eigenvalue weighted by molar-refractivity contribution is 5.99. The molecular formula is C22H26N2O4. The molecule has 6 nitrogen and oxygen atoms in total. The highest BCUT2D eigenvalue weighted by atomic mass is 16.4. The number of carbonyl (C=O) groups excluding carboxylic acids is 2. The molecule has 0 aliphatic heterocycles. The first-order valence-corrected chi connectivity index (χ1v) is 9.35. The number of amides is 2. The minimum Gasteiger partial charge on any atom is -0.481 e. The van der Waals surface area contributed by atoms with Crippen molar-refractivity contribution in [1.29, 1.82) is 0 Å². The van der Waals surface area contributed by atoms with Gasteiger partial charge < -0.3 is 15.7 Å². The van der Waals surface area contributed by atoms with Crippen molar-refractivity contribution < 1.29 is 19.5 Å². The fourth-order valence-electron chi connectivity index (χ4n) is 2.83. The number of hydrogen-bond donors (Lipinski definition) is 3. The van der Waals surface area contributed by atoms with Crippen LogP contribution in [0.2, 0.25) is 0 Å². The Morgan fingerprint density at radius 3 is 2.21 bits per heavy atom. The van der Waals surface area contributed by atoms with Gasteiger partial charge in [0.05, 0.1) is 5.92 Å². The summed E-state index contributed by atoms with van der Waals surface area (Å²) >= 11 is 0. The number of carbonyl (C=O) groups is 3. The maximum Gasteiger partial charge on any atom is 0.308 e. The van der Waals surface area contributed by atoms with E-state index < -0.39 is 17.8 Å². The third-order valence-electron chi connectivity index (χ3n) is 4.35. The van der Waals surface area contributed by atoms with Crippen LogP contribution in [0.3, 0.4) is 0 Å². The van der Waals surface area contributed by atoms with Crippen LogP contribution in [0.1, 0.15) is 45.2 Å². The second kappa shape index (κ2) is 10.3. The molecule has 0 aliphatic carbocycles. The number of nitrogens with one attached hydrogen (secondary N) is 2. The molecule has 0 fully saturated rings. The topological polar surface area (TPSA) is 95.5 Å². The lowest BCUT2D eigenvalue weighted by Crippen LogP contribution is -2.34. The standard InChI is InChI=1S/C22H26N2O4/c1-3-10-23-20(25)17-8-5-9-18(13-17)21(26)24-14-19(22(27)28)12-16-7-4-6-15(2)11-16/h4-9,11,13,19H,3,10,12,14H2,1-2H3,(H,23,25)(H,24,26)(H,27,28). The SMILES string of the molecule is CCCNC(=O)c1cccc(C(=O)NCC(Cc2cccc(C)c2)C(=O)O)c1. The monoisotopic (exact) mass is 382 g/mol. The molecule has 2 aromatic carbocycles. The van der Waals surface area contributed by atoms with Crippen LogP contribution < -0.4 is 10.6 Å². The molecule has 0 saturated carbocycles. The minimum atomic E-state index is -0.963. The summed E-state index contributed by atoms with van der Waals surface area (Å²) in [6.07, 6.45) is 1.15. The van der Waals surface area contributed by atoms with E-state index in [9.17, 15) is 19.5 Å². The van der Waals surface area contributed by atoms with E-state index in [2.05, 4.69) is 10.6 Å². The van der Waals surface area contributed by atoms with Crippen LogP contribution in [-0.2, 0) is 11.2 Å². The fraction of sp³-hybridized carbons (Fsp3) is 0.318. The first-order chi connectivity index (χ1) is 13.4. The van der Waals surface area contributed by atoms with E-state index in [1.54, 1.807) is 18.2 Å². The zero-order valence-corrected chi connectivity index (χ0v) is 16.2. The molecule has 1 unspecified atom stereocenters. The van der Waals surface area contributed by atoms with Gasteiger partial charge in [0.1, 0.15) is 0 Å². The van der Waals surface area contributed by atoms with Crippen LogP contribution in [0.15, 0.2) is 48.5 Å². The Kier molecular flexibility index (Phi) is 7.75. The molecule has 0 spiro atoms. The average molecular weight is 382 g/mol. The molecule has 3 N–H and O–H groups in total. The number of rotatable bonds is 9. The van der Waals surface area contributed by atoms with E-state index >= 15 is 0 Å². The van der Waals surface area contributed by atoms with E-state index in [4.69, 9.17) is 0 Å². The van der Waals surface area contributed by atoms with Gasteiger partial charge in [0.25, 0.3) is 11.8 Å². The summed E-state index contributed by atoms with van der Waals surface area (Å²) in [6.45, 7) is 4.48. The van der Waals surface area contributed by atoms with Crippen LogP contribution in [-0.4, -0.2) is 36.0 Å². The second-order valence-electron chi connectivity index (χ2n) is 6.78. The van der Waals surface area contributed by atoms with Crippen molar-refractivity contribution in [2.75, 3.05) is 13.1 Å². The van der Waals surface area contributed by atoms with Crippen molar-refractivity contribution in [1.82, 2.24) is 10.6 Å². The molecule has 0 aliphatic rings. The molecule has 2 rings (SSSR count). The number of carboxylic acid groups (broad SMARTS) is 1. The number of hydrogen-bond acceptors (Lipinski definition) is 3. The largest absolute Gasteiger partial charge is 0.481 e. The van der Waals surface area contributed by atoms with Gasteiger partial charge in [-0.1, -0.05) is 42.8 Å². The van der Waals surface area contributed by atoms with Crippen LogP contribution in [0, 0.1) is 12.8 Å². The summed E-state index contributed by atoms with van der Waals surface area (Å²) in [5.74, 6) is -2.34. The first kappa shape index (κ1) is 21.2. The molecule has 28 heavy (non-hydrogen) atoms. The summed E-state index contributed by atoms with van der Waals surface area (Å²) in [4.78, 5) is 36.1. The third-order valence-corrected chi connectivity index (χ3v) is 4.35. The molecule has 148 valence electrons. The van der Waals surface area contributed by atoms with Crippen molar-refractivity contribution in [3.05, 3.63) is 70.8 Å². The van der Waals surface area contributed by atoms with Gasteiger partial charge in [-0.05, 0) is 43.5 Å². The Balaban J connectivity index is 2.00. The Bertz CT molecular complexity index is 848. The lowest BCUT2D eigenvalue weighted by atomic mass is 9.98. The summed E-state index contributed by atoms with van der Waals surface area (Å²) < 4.78 is 0. The summed E-state index contributed by atoms with van der Waals surface area (Å²) in [5.41, 5.74) is 2.69. The Labute approximate surface area is 165 Å². The highest BCUT2D eigenvalue weighted by Crippen LogP contribution is 2.12. The summed E-state index contributed by atoms with van der Waals surface area (Å²) in [5, 5.41) is 14.9. The van der Waals surface area contributed by atoms with E-state index in [0.29, 0.717) is 24.1 Å². The van der Waals surface area contributed by atoms with Crippen LogP contribution >= 0.6 is 0 Å². The zero-order chi connectivity index (χ0) is 20.5. The van der Waals surface area contributed by atoms with E-state index in [1.165, 1.54) is 6.07 Å². The van der Waals surface area contributed by atoms with E-state index in [-0.39, 0.29) is 12.5 Å². The van der Waals surface area contributed by atoms with Gasteiger partial charge in [-0.3, -0.25) is 14.4 Å². The molecule has 0 heterocycles. The lowest BCUT2D eigenvalue weighted by Gasteiger charge is -2.14. The summed E-state index contributed by atoms with van der Waals surface area (Å²) in [6, 6.07) is 14.0. The zero-order valence-electron chi connectivity index (χ0n) is 16.2. The predicted octanol–water partition coefficient (Wildman–Crippen LogP) is 2.81. The fourth-order valence-corrected chi connectivity index (χ4v) is 2.83. The van der Waals surface area contributed by atoms with E-state index in [1.807, 2.05) is 38.1 Å². The first-order valence-electron chi connectivity index (χ1n) is 9.35. The van der Waals surface area contributed by atoms with Crippen LogP contribution in [0.25, 0.3) is 0 Å². The average Bonchev–Trinajstić information content (AvgIpc) is 2.69.